The van der Waals surface area contributed by atoms with Crippen molar-refractivity contribution in [1.82, 2.24) is 9.80 Å². The van der Waals surface area contributed by atoms with Crippen molar-refractivity contribution in [2.24, 2.45) is 11.8 Å². The Labute approximate surface area is 129 Å². The number of halogens is 1. The number of hydrogen-bond donors (Lipinski definition) is 0. The second kappa shape index (κ2) is 4.86. The number of amides is 1. The summed E-state index contributed by atoms with van der Waals surface area (Å²) in [7, 11) is 0. The molecule has 4 fully saturated rings. The Kier molecular flexibility index (Phi) is 3.29. The molecule has 2 unspecified atom stereocenters. The number of hydrogen-bond acceptors (Lipinski definition) is 2. The van der Waals surface area contributed by atoms with Gasteiger partial charge in [0.2, 0.25) is 5.91 Å². The summed E-state index contributed by atoms with van der Waals surface area (Å²) in [6, 6.07) is 1.38. The molecule has 0 aliphatic carbocycles. The minimum atomic E-state index is 0.244. The summed E-state index contributed by atoms with van der Waals surface area (Å²) >= 11 is 2.36. The van der Waals surface area contributed by atoms with E-state index in [1.807, 2.05) is 0 Å². The molecule has 0 spiro atoms. The molecule has 4 aliphatic rings. The SMILES string of the molecule is O=C1C(I)CC[C@@H]2[C@H]3CCCN4CCCC(CN12)[C@@H]34. The van der Waals surface area contributed by atoms with Gasteiger partial charge in [0.15, 0.2) is 0 Å². The maximum atomic E-state index is 12.5. The quantitative estimate of drug-likeness (QED) is 0.480. The smallest absolute Gasteiger partial charge is 0.235 e. The fraction of sp³-hybridized carbons (Fsp3) is 0.933. The standard InChI is InChI=1S/C15H23IN2O/c16-12-5-6-13-11-4-2-8-17-7-1-3-10(14(11)17)9-18(13)15(12)19/h10-14H,1-9H2/t10?,11-,12?,13-,14+/m1/s1. The first kappa shape index (κ1) is 12.9. The van der Waals surface area contributed by atoms with Gasteiger partial charge in [-0.3, -0.25) is 9.69 Å². The highest BCUT2D eigenvalue weighted by atomic mass is 127. The van der Waals surface area contributed by atoms with Crippen molar-refractivity contribution in [3.05, 3.63) is 0 Å². The predicted molar refractivity (Wildman–Crippen MR) is 83.4 cm³/mol. The first-order valence-corrected chi connectivity index (χ1v) is 9.19. The van der Waals surface area contributed by atoms with Crippen LogP contribution in [0.2, 0.25) is 0 Å². The molecule has 0 radical (unpaired) electrons. The van der Waals surface area contributed by atoms with Crippen molar-refractivity contribution in [2.75, 3.05) is 19.6 Å². The summed E-state index contributed by atoms with van der Waals surface area (Å²) in [6.07, 6.45) is 7.75. The Balaban J connectivity index is 1.65. The van der Waals surface area contributed by atoms with Crippen LogP contribution in [0.3, 0.4) is 0 Å². The third-order valence-corrected chi connectivity index (χ3v) is 7.09. The van der Waals surface area contributed by atoms with E-state index >= 15 is 0 Å². The van der Waals surface area contributed by atoms with Gasteiger partial charge in [0.05, 0.1) is 3.92 Å². The van der Waals surface area contributed by atoms with Crippen LogP contribution < -0.4 is 0 Å². The number of piperidine rings is 4. The molecule has 0 aromatic heterocycles. The van der Waals surface area contributed by atoms with E-state index in [-0.39, 0.29) is 3.92 Å². The van der Waals surface area contributed by atoms with Crippen molar-refractivity contribution >= 4 is 28.5 Å². The summed E-state index contributed by atoms with van der Waals surface area (Å²) in [5, 5.41) is 0. The molecule has 4 heteroatoms. The van der Waals surface area contributed by atoms with Crippen molar-refractivity contribution in [3.63, 3.8) is 0 Å². The Morgan fingerprint density at radius 1 is 1.05 bits per heavy atom. The van der Waals surface area contributed by atoms with Crippen molar-refractivity contribution in [2.45, 2.75) is 54.5 Å². The lowest BCUT2D eigenvalue weighted by Crippen LogP contribution is -2.67. The van der Waals surface area contributed by atoms with Crippen LogP contribution in [0.25, 0.3) is 0 Å². The minimum Gasteiger partial charge on any atom is -0.338 e. The third kappa shape index (κ3) is 1.96. The van der Waals surface area contributed by atoms with Gasteiger partial charge in [-0.25, -0.2) is 0 Å². The van der Waals surface area contributed by atoms with Gasteiger partial charge in [-0.2, -0.15) is 0 Å². The molecule has 0 saturated carbocycles. The van der Waals surface area contributed by atoms with Crippen LogP contribution in [0.15, 0.2) is 0 Å². The Hall–Kier alpha value is 0.160. The molecule has 0 aromatic carbocycles. The fourth-order valence-corrected chi connectivity index (χ4v) is 5.96. The predicted octanol–water partition coefficient (Wildman–Crippen LogP) is 2.29. The molecule has 4 saturated heterocycles. The Morgan fingerprint density at radius 2 is 1.84 bits per heavy atom. The van der Waals surface area contributed by atoms with E-state index in [2.05, 4.69) is 32.4 Å². The zero-order valence-corrected chi connectivity index (χ0v) is 13.6. The maximum Gasteiger partial charge on any atom is 0.235 e. The van der Waals surface area contributed by atoms with Gasteiger partial charge in [-0.15, -0.1) is 0 Å². The molecular weight excluding hydrogens is 351 g/mol. The summed E-state index contributed by atoms with van der Waals surface area (Å²) < 4.78 is 0.244. The number of alkyl halides is 1. The zero-order chi connectivity index (χ0) is 13.0. The minimum absolute atomic E-state index is 0.244. The average molecular weight is 374 g/mol. The molecule has 0 bridgehead atoms. The summed E-state index contributed by atoms with van der Waals surface area (Å²) in [5.74, 6) is 1.99. The van der Waals surface area contributed by atoms with E-state index in [1.54, 1.807) is 0 Å². The highest BCUT2D eigenvalue weighted by Gasteiger charge is 2.51. The van der Waals surface area contributed by atoms with Gasteiger partial charge in [0.1, 0.15) is 0 Å². The van der Waals surface area contributed by atoms with Crippen LogP contribution in [0.5, 0.6) is 0 Å². The maximum absolute atomic E-state index is 12.5. The summed E-state index contributed by atoms with van der Waals surface area (Å²) in [6.45, 7) is 3.68. The topological polar surface area (TPSA) is 23.6 Å². The normalized spacial score (nSPS) is 46.7. The highest BCUT2D eigenvalue weighted by Crippen LogP contribution is 2.45. The van der Waals surface area contributed by atoms with E-state index in [9.17, 15) is 4.79 Å². The summed E-state index contributed by atoms with van der Waals surface area (Å²) in [5.41, 5.74) is 0. The number of nitrogens with zero attached hydrogens (tertiary/aromatic N) is 2. The first-order chi connectivity index (χ1) is 9.25. The monoisotopic (exact) mass is 374 g/mol. The van der Waals surface area contributed by atoms with Gasteiger partial charge in [0, 0.05) is 18.6 Å². The van der Waals surface area contributed by atoms with Crippen LogP contribution in [0.1, 0.15) is 38.5 Å². The van der Waals surface area contributed by atoms with Crippen LogP contribution in [0.4, 0.5) is 0 Å². The lowest BCUT2D eigenvalue weighted by Gasteiger charge is -2.59. The lowest BCUT2D eigenvalue weighted by atomic mass is 9.68. The van der Waals surface area contributed by atoms with E-state index in [0.29, 0.717) is 11.9 Å². The molecule has 0 N–H and O–H groups in total. The Morgan fingerprint density at radius 3 is 2.68 bits per heavy atom. The first-order valence-electron chi connectivity index (χ1n) is 7.94. The van der Waals surface area contributed by atoms with Crippen LogP contribution >= 0.6 is 22.6 Å². The average Bonchev–Trinajstić information content (AvgIpc) is 2.44. The van der Waals surface area contributed by atoms with Crippen LogP contribution in [0, 0.1) is 11.8 Å². The van der Waals surface area contributed by atoms with Gasteiger partial charge >= 0.3 is 0 Å². The van der Waals surface area contributed by atoms with Gasteiger partial charge in [-0.05, 0) is 63.5 Å². The lowest BCUT2D eigenvalue weighted by molar-refractivity contribution is -0.149. The van der Waals surface area contributed by atoms with E-state index in [1.165, 1.54) is 45.2 Å². The second-order valence-electron chi connectivity index (χ2n) is 6.84. The molecule has 0 aromatic rings. The zero-order valence-electron chi connectivity index (χ0n) is 11.4. The second-order valence-corrected chi connectivity index (χ2v) is 8.34. The van der Waals surface area contributed by atoms with Crippen molar-refractivity contribution in [3.8, 4) is 0 Å². The summed E-state index contributed by atoms with van der Waals surface area (Å²) in [4.78, 5) is 17.6. The third-order valence-electron chi connectivity index (χ3n) is 5.94. The van der Waals surface area contributed by atoms with Crippen molar-refractivity contribution in [1.29, 1.82) is 0 Å². The molecule has 4 rings (SSSR count). The molecule has 3 nitrogen and oxygen atoms in total. The van der Waals surface area contributed by atoms with E-state index < -0.39 is 0 Å². The molecule has 106 valence electrons. The fourth-order valence-electron chi connectivity index (χ4n) is 5.24. The van der Waals surface area contributed by atoms with E-state index in [0.717, 1.165) is 30.8 Å². The molecular formula is C15H23IN2O. The largest absolute Gasteiger partial charge is 0.338 e. The molecule has 4 heterocycles. The van der Waals surface area contributed by atoms with Gasteiger partial charge in [-0.1, -0.05) is 22.6 Å². The molecule has 5 atom stereocenters. The van der Waals surface area contributed by atoms with Gasteiger partial charge in [0.25, 0.3) is 0 Å². The molecule has 1 amide bonds. The Bertz CT molecular complexity index is 386. The molecule has 19 heavy (non-hydrogen) atoms. The number of carbonyl (C=O) groups excluding carboxylic acids is 1. The van der Waals surface area contributed by atoms with Gasteiger partial charge < -0.3 is 4.90 Å². The highest BCUT2D eigenvalue weighted by molar-refractivity contribution is 14.1. The van der Waals surface area contributed by atoms with Crippen LogP contribution in [-0.2, 0) is 4.79 Å². The number of rotatable bonds is 0. The number of fused-ring (bicyclic) bond motifs is 2. The number of carbonyl (C=O) groups is 1. The van der Waals surface area contributed by atoms with Crippen LogP contribution in [-0.4, -0.2) is 51.3 Å². The molecule has 4 aliphatic heterocycles. The van der Waals surface area contributed by atoms with E-state index in [4.69, 9.17) is 0 Å². The van der Waals surface area contributed by atoms with Crippen molar-refractivity contribution < 1.29 is 4.79 Å².